The van der Waals surface area contributed by atoms with Gasteiger partial charge < -0.3 is 4.52 Å². The van der Waals surface area contributed by atoms with Crippen molar-refractivity contribution in [2.75, 3.05) is 18.1 Å². The highest BCUT2D eigenvalue weighted by Gasteiger charge is 2.13. The Morgan fingerprint density at radius 3 is 2.58 bits per heavy atom. The van der Waals surface area contributed by atoms with Crippen LogP contribution < -0.4 is 0 Å². The summed E-state index contributed by atoms with van der Waals surface area (Å²) in [5.74, 6) is 2.45. The van der Waals surface area contributed by atoms with Gasteiger partial charge in [-0.2, -0.15) is 5.26 Å². The predicted molar refractivity (Wildman–Crippen MR) is 57.3 cm³/mol. The Bertz CT molecular complexity index is 154. The molecule has 0 amide bonds. The number of hydrogen-bond donors (Lipinski definition) is 0. The van der Waals surface area contributed by atoms with Crippen molar-refractivity contribution < 1.29 is 4.52 Å². The van der Waals surface area contributed by atoms with Gasteiger partial charge in [0.25, 0.3) is 0 Å². The molecule has 1 saturated heterocycles. The molecule has 0 N–H and O–H groups in total. The summed E-state index contributed by atoms with van der Waals surface area (Å²) >= 11 is 3.86. The molecule has 0 atom stereocenters. The normalized spacial score (nSPS) is 19.9. The highest BCUT2D eigenvalue weighted by molar-refractivity contribution is 8.86. The van der Waals surface area contributed by atoms with Gasteiger partial charge >= 0.3 is 0 Å². The molecule has 5 heteroatoms. The first kappa shape index (κ1) is 10.7. The van der Waals surface area contributed by atoms with Gasteiger partial charge in [-0.25, -0.2) is 0 Å². The van der Waals surface area contributed by atoms with Gasteiger partial charge in [-0.15, -0.1) is 0 Å². The van der Waals surface area contributed by atoms with E-state index >= 15 is 0 Å². The Morgan fingerprint density at radius 1 is 1.33 bits per heavy atom. The van der Waals surface area contributed by atoms with Crippen LogP contribution >= 0.6 is 29.3 Å². The van der Waals surface area contributed by atoms with Crippen molar-refractivity contribution in [2.24, 2.45) is 0 Å². The molecule has 1 aliphatic heterocycles. The van der Waals surface area contributed by atoms with E-state index in [1.165, 1.54) is 24.3 Å². The zero-order valence-corrected chi connectivity index (χ0v) is 9.39. The van der Waals surface area contributed by atoms with Crippen molar-refractivity contribution in [1.29, 1.82) is 5.26 Å². The number of nitrogens with zero attached hydrogens (tertiary/aromatic N) is 1. The molecule has 12 heavy (non-hydrogen) atoms. The Balaban J connectivity index is 2.08. The minimum Gasteiger partial charge on any atom is -0.338 e. The van der Waals surface area contributed by atoms with Crippen LogP contribution in [0.3, 0.4) is 0 Å². The number of rotatable bonds is 3. The molecule has 0 spiro atoms. The third-order valence-electron chi connectivity index (χ3n) is 1.34. The van der Waals surface area contributed by atoms with Crippen LogP contribution in [0.15, 0.2) is 0 Å². The molecule has 2 nitrogen and oxygen atoms in total. The van der Waals surface area contributed by atoms with Crippen LogP contribution in [-0.4, -0.2) is 18.1 Å². The second kappa shape index (κ2) is 7.03. The zero-order chi connectivity index (χ0) is 8.65. The smallest absolute Gasteiger partial charge is 0.151 e. The van der Waals surface area contributed by atoms with Crippen LogP contribution in [0.2, 0.25) is 0 Å². The first-order valence-corrected chi connectivity index (χ1v) is 8.43. The first-order chi connectivity index (χ1) is 5.93. The Morgan fingerprint density at radius 2 is 2.00 bits per heavy atom. The third-order valence-corrected chi connectivity index (χ3v) is 7.99. The lowest BCUT2D eigenvalue weighted by molar-refractivity contribution is 0.378. The van der Waals surface area contributed by atoms with Crippen molar-refractivity contribution in [2.45, 2.75) is 19.3 Å². The second-order valence-corrected chi connectivity index (χ2v) is 8.61. The standard InChI is InChI=1S/C7H12NOPS2/c8-4-3-5-9-10-11-6-1-2-7-12-10/h1-3,5-7H2. The topological polar surface area (TPSA) is 33.0 Å². The molecule has 68 valence electrons. The van der Waals surface area contributed by atoms with Gasteiger partial charge in [0.2, 0.25) is 0 Å². The molecule has 1 fully saturated rings. The van der Waals surface area contributed by atoms with Crippen molar-refractivity contribution >= 4 is 29.3 Å². The summed E-state index contributed by atoms with van der Waals surface area (Å²) in [4.78, 5) is 0. The molecular weight excluding hydrogens is 209 g/mol. The second-order valence-electron chi connectivity index (χ2n) is 2.34. The molecule has 1 rings (SSSR count). The minimum absolute atomic E-state index is 0.328. The van der Waals surface area contributed by atoms with E-state index in [0.717, 1.165) is 0 Å². The van der Waals surface area contributed by atoms with Crippen LogP contribution in [0.1, 0.15) is 19.3 Å². The van der Waals surface area contributed by atoms with Gasteiger partial charge in [0.15, 0.2) is 6.55 Å². The highest BCUT2D eigenvalue weighted by Crippen LogP contribution is 2.63. The van der Waals surface area contributed by atoms with Gasteiger partial charge in [-0.05, 0) is 12.8 Å². The quantitative estimate of drug-likeness (QED) is 0.540. The summed E-state index contributed by atoms with van der Waals surface area (Å²) in [6.45, 7) is 0.286. The zero-order valence-electron chi connectivity index (χ0n) is 6.86. The minimum atomic E-state index is -0.328. The van der Waals surface area contributed by atoms with E-state index in [0.29, 0.717) is 13.0 Å². The van der Waals surface area contributed by atoms with Crippen LogP contribution in [-0.2, 0) is 4.52 Å². The maximum absolute atomic E-state index is 8.31. The average Bonchev–Trinajstić information content (AvgIpc) is 2.33. The molecule has 0 saturated carbocycles. The highest BCUT2D eigenvalue weighted by atomic mass is 33.1. The van der Waals surface area contributed by atoms with E-state index < -0.39 is 0 Å². The SMILES string of the molecule is N#CCCOP1SCCCCS1. The number of nitriles is 1. The summed E-state index contributed by atoms with van der Waals surface area (Å²) in [5.41, 5.74) is 0. The Hall–Kier alpha value is 0.580. The van der Waals surface area contributed by atoms with Crippen molar-refractivity contribution in [1.82, 2.24) is 0 Å². The largest absolute Gasteiger partial charge is 0.338 e. The molecular formula is C7H12NOPS2. The number of hydrogen-bond acceptors (Lipinski definition) is 4. The van der Waals surface area contributed by atoms with Crippen LogP contribution in [0.25, 0.3) is 0 Å². The summed E-state index contributed by atoms with van der Waals surface area (Å²) in [6.07, 6.45) is 3.16. The van der Waals surface area contributed by atoms with Crippen LogP contribution in [0, 0.1) is 11.3 Å². The van der Waals surface area contributed by atoms with Crippen molar-refractivity contribution in [3.05, 3.63) is 0 Å². The predicted octanol–water partition coefficient (Wildman–Crippen LogP) is 3.40. The maximum atomic E-state index is 8.31. The van der Waals surface area contributed by atoms with Gasteiger partial charge in [0.1, 0.15) is 0 Å². The molecule has 0 aromatic carbocycles. The van der Waals surface area contributed by atoms with Gasteiger partial charge in [-0.3, -0.25) is 0 Å². The fourth-order valence-corrected chi connectivity index (χ4v) is 6.99. The molecule has 0 unspecified atom stereocenters. The molecule has 0 bridgehead atoms. The monoisotopic (exact) mass is 221 g/mol. The molecule has 1 heterocycles. The molecule has 0 radical (unpaired) electrons. The van der Waals surface area contributed by atoms with E-state index in [4.69, 9.17) is 9.79 Å². The Kier molecular flexibility index (Phi) is 6.24. The van der Waals surface area contributed by atoms with E-state index in [1.54, 1.807) is 0 Å². The molecule has 0 aromatic heterocycles. The first-order valence-electron chi connectivity index (χ1n) is 3.99. The summed E-state index contributed by atoms with van der Waals surface area (Å²) in [6, 6.07) is 2.09. The fraction of sp³-hybridized carbons (Fsp3) is 0.857. The van der Waals surface area contributed by atoms with E-state index in [-0.39, 0.29) is 6.55 Å². The lowest BCUT2D eigenvalue weighted by Gasteiger charge is -2.11. The van der Waals surface area contributed by atoms with Crippen molar-refractivity contribution in [3.8, 4) is 6.07 Å². The summed E-state index contributed by atoms with van der Waals surface area (Å²) in [5, 5.41) is 8.31. The summed E-state index contributed by atoms with van der Waals surface area (Å²) in [7, 11) is 0. The van der Waals surface area contributed by atoms with Crippen molar-refractivity contribution in [3.63, 3.8) is 0 Å². The Labute approximate surface area is 82.8 Å². The van der Waals surface area contributed by atoms with Crippen LogP contribution in [0.5, 0.6) is 0 Å². The van der Waals surface area contributed by atoms with E-state index in [9.17, 15) is 0 Å². The van der Waals surface area contributed by atoms with Gasteiger partial charge in [-0.1, -0.05) is 22.8 Å². The van der Waals surface area contributed by atoms with Gasteiger partial charge in [0.05, 0.1) is 19.1 Å². The fourth-order valence-electron chi connectivity index (χ4n) is 0.760. The molecule has 0 aromatic rings. The summed E-state index contributed by atoms with van der Waals surface area (Å²) < 4.78 is 5.57. The lowest BCUT2D eigenvalue weighted by Crippen LogP contribution is -1.83. The molecule has 1 aliphatic rings. The average molecular weight is 221 g/mol. The van der Waals surface area contributed by atoms with E-state index in [1.807, 2.05) is 22.8 Å². The van der Waals surface area contributed by atoms with Crippen LogP contribution in [0.4, 0.5) is 0 Å². The molecule has 0 aliphatic carbocycles. The van der Waals surface area contributed by atoms with Gasteiger partial charge in [0, 0.05) is 11.5 Å². The third kappa shape index (κ3) is 4.57. The van der Waals surface area contributed by atoms with E-state index in [2.05, 4.69) is 6.07 Å². The lowest BCUT2D eigenvalue weighted by atomic mass is 10.4. The maximum Gasteiger partial charge on any atom is 0.151 e.